The Morgan fingerprint density at radius 1 is 0.351 bits per heavy atom. The molecule has 0 bridgehead atoms. The summed E-state index contributed by atoms with van der Waals surface area (Å²) in [5.74, 6) is 0. The second kappa shape index (κ2) is 12.3. The van der Waals surface area contributed by atoms with Crippen molar-refractivity contribution in [1.82, 2.24) is 0 Å². The molecule has 0 saturated heterocycles. The first kappa shape index (κ1) is 32.4. The first-order chi connectivity index (χ1) is 28.2. The van der Waals surface area contributed by atoms with Gasteiger partial charge in [-0.2, -0.15) is 0 Å². The lowest BCUT2D eigenvalue weighted by Gasteiger charge is -2.40. The molecule has 2 aliphatic rings. The summed E-state index contributed by atoms with van der Waals surface area (Å²) < 4.78 is 0. The molecule has 1 unspecified atom stereocenters. The van der Waals surface area contributed by atoms with Crippen molar-refractivity contribution in [3.63, 3.8) is 0 Å². The van der Waals surface area contributed by atoms with Crippen molar-refractivity contribution in [2.45, 2.75) is 15.2 Å². The lowest BCUT2D eigenvalue weighted by molar-refractivity contribution is 0.723. The number of fused-ring (bicyclic) bond motifs is 12. The van der Waals surface area contributed by atoms with Gasteiger partial charge in [0.05, 0.1) is 5.41 Å². The Bertz CT molecular complexity index is 3230. The summed E-state index contributed by atoms with van der Waals surface area (Å²) in [7, 11) is 0. The van der Waals surface area contributed by atoms with Gasteiger partial charge in [-0.25, -0.2) is 0 Å². The molecule has 12 rings (SSSR count). The number of nitrogen functional groups attached to an aromatic ring is 1. The molecule has 2 heteroatoms. The molecule has 0 fully saturated rings. The van der Waals surface area contributed by atoms with Gasteiger partial charge < -0.3 is 5.73 Å². The highest BCUT2D eigenvalue weighted by Crippen LogP contribution is 2.64. The van der Waals surface area contributed by atoms with E-state index in [1.165, 1.54) is 103 Å². The van der Waals surface area contributed by atoms with E-state index in [4.69, 9.17) is 5.73 Å². The molecule has 10 aromatic rings. The third kappa shape index (κ3) is 4.48. The highest BCUT2D eigenvalue weighted by Gasteiger charge is 2.51. The lowest BCUT2D eigenvalue weighted by Crippen LogP contribution is -2.32. The van der Waals surface area contributed by atoms with Crippen molar-refractivity contribution in [3.8, 4) is 44.5 Å². The van der Waals surface area contributed by atoms with Crippen LogP contribution in [0.25, 0.3) is 76.8 Å². The first-order valence-corrected chi connectivity index (χ1v) is 20.5. The Kier molecular flexibility index (Phi) is 7.00. The molecule has 1 spiro atoms. The molecule has 1 aliphatic carbocycles. The van der Waals surface area contributed by atoms with E-state index in [9.17, 15) is 0 Å². The number of hydrogen-bond acceptors (Lipinski definition) is 2. The second-order valence-electron chi connectivity index (χ2n) is 15.3. The molecule has 266 valence electrons. The first-order valence-electron chi connectivity index (χ1n) is 19.6. The van der Waals surface area contributed by atoms with Crippen LogP contribution in [0.15, 0.2) is 210 Å². The van der Waals surface area contributed by atoms with E-state index in [0.717, 1.165) is 11.3 Å². The molecular weight excluding hydrogens is 707 g/mol. The second-order valence-corrected chi connectivity index (χ2v) is 16.3. The number of benzene rings is 10. The maximum atomic E-state index is 6.89. The summed E-state index contributed by atoms with van der Waals surface area (Å²) in [6.07, 6.45) is 0. The fourth-order valence-corrected chi connectivity index (χ4v) is 11.5. The van der Waals surface area contributed by atoms with Crippen LogP contribution in [0.1, 0.15) is 22.3 Å². The van der Waals surface area contributed by atoms with E-state index in [-0.39, 0.29) is 0 Å². The van der Waals surface area contributed by atoms with Crippen LogP contribution in [0.5, 0.6) is 0 Å². The van der Waals surface area contributed by atoms with Gasteiger partial charge >= 0.3 is 0 Å². The highest BCUT2D eigenvalue weighted by molar-refractivity contribution is 7.99. The number of nitrogens with two attached hydrogens (primary N) is 1. The summed E-state index contributed by atoms with van der Waals surface area (Å²) in [6.45, 7) is 0. The molecule has 57 heavy (non-hydrogen) atoms. The monoisotopic (exact) mass is 741 g/mol. The van der Waals surface area contributed by atoms with Crippen LogP contribution in [0.3, 0.4) is 0 Å². The van der Waals surface area contributed by atoms with Gasteiger partial charge in [0, 0.05) is 21.0 Å². The summed E-state index contributed by atoms with van der Waals surface area (Å²) in [6, 6.07) is 73.9. The van der Waals surface area contributed by atoms with E-state index in [2.05, 4.69) is 194 Å². The number of hydrogen-bond donors (Lipinski definition) is 1. The molecule has 0 saturated carbocycles. The molecule has 10 aromatic carbocycles. The topological polar surface area (TPSA) is 26.0 Å². The van der Waals surface area contributed by atoms with Crippen LogP contribution < -0.4 is 5.73 Å². The molecule has 1 heterocycles. The van der Waals surface area contributed by atoms with Crippen molar-refractivity contribution >= 4 is 49.8 Å². The smallest absolute Gasteiger partial charge is 0.0736 e. The Hall–Kier alpha value is -6.87. The van der Waals surface area contributed by atoms with Gasteiger partial charge in [-0.3, -0.25) is 0 Å². The van der Waals surface area contributed by atoms with Gasteiger partial charge in [-0.05, 0) is 112 Å². The van der Waals surface area contributed by atoms with Crippen LogP contribution in [-0.4, -0.2) is 0 Å². The SMILES string of the molecule is Nc1cccc2c1-c1ccccc1C21c2ccccc2Sc2c(-c3c4ccccc4c(-c4cccc5cc(-c6ccccc6)ccc45)c4ccccc34)cccc21. The fourth-order valence-electron chi connectivity index (χ4n) is 10.2. The largest absolute Gasteiger partial charge is 0.398 e. The van der Waals surface area contributed by atoms with Gasteiger partial charge in [0.25, 0.3) is 0 Å². The molecule has 2 N–H and O–H groups in total. The Balaban J connectivity index is 1.16. The van der Waals surface area contributed by atoms with Crippen LogP contribution in [0.2, 0.25) is 0 Å². The number of anilines is 1. The molecule has 1 atom stereocenters. The van der Waals surface area contributed by atoms with Crippen molar-refractivity contribution in [2.24, 2.45) is 0 Å². The summed E-state index contributed by atoms with van der Waals surface area (Å²) in [4.78, 5) is 2.57. The van der Waals surface area contributed by atoms with Crippen LogP contribution in [-0.2, 0) is 5.41 Å². The predicted octanol–water partition coefficient (Wildman–Crippen LogP) is 14.6. The zero-order chi connectivity index (χ0) is 37.7. The molecule has 1 aliphatic heterocycles. The van der Waals surface area contributed by atoms with E-state index >= 15 is 0 Å². The molecule has 0 amide bonds. The minimum absolute atomic E-state index is 0.512. The standard InChI is InChI=1S/C55H35NS/c56-49-29-14-27-47-53(49)43-22-8-9-25-45(43)55(47)46-26-10-11-30-50(46)57-54-44(24-13-28-48(54)55)52-41-20-6-4-18-39(41)51(40-19-5-7-21-42(40)52)38-23-12-17-36-33-35(31-32-37(36)38)34-15-2-1-3-16-34/h1-33H,56H2. The van der Waals surface area contributed by atoms with Crippen molar-refractivity contribution < 1.29 is 0 Å². The quantitative estimate of drug-likeness (QED) is 0.144. The average Bonchev–Trinajstić information content (AvgIpc) is 3.57. The zero-order valence-corrected chi connectivity index (χ0v) is 31.9. The minimum Gasteiger partial charge on any atom is -0.398 e. The minimum atomic E-state index is -0.512. The van der Waals surface area contributed by atoms with E-state index in [1.54, 1.807) is 0 Å². The normalized spacial score (nSPS) is 15.1. The third-order valence-electron chi connectivity index (χ3n) is 12.5. The van der Waals surface area contributed by atoms with Crippen molar-refractivity contribution in [3.05, 3.63) is 222 Å². The van der Waals surface area contributed by atoms with E-state index in [1.807, 2.05) is 17.8 Å². The third-order valence-corrected chi connectivity index (χ3v) is 13.7. The van der Waals surface area contributed by atoms with Gasteiger partial charge in [-0.15, -0.1) is 0 Å². The molecule has 0 aromatic heterocycles. The van der Waals surface area contributed by atoms with Crippen LogP contribution in [0.4, 0.5) is 5.69 Å². The van der Waals surface area contributed by atoms with Crippen molar-refractivity contribution in [1.29, 1.82) is 0 Å². The lowest BCUT2D eigenvalue weighted by atomic mass is 9.67. The van der Waals surface area contributed by atoms with Crippen LogP contribution >= 0.6 is 11.8 Å². The van der Waals surface area contributed by atoms with E-state index < -0.39 is 5.41 Å². The average molecular weight is 742 g/mol. The predicted molar refractivity (Wildman–Crippen MR) is 241 cm³/mol. The summed E-state index contributed by atoms with van der Waals surface area (Å²) in [5, 5.41) is 7.50. The van der Waals surface area contributed by atoms with Gasteiger partial charge in [0.1, 0.15) is 0 Å². The highest BCUT2D eigenvalue weighted by atomic mass is 32.2. The zero-order valence-electron chi connectivity index (χ0n) is 31.0. The Morgan fingerprint density at radius 3 is 1.68 bits per heavy atom. The molecule has 0 radical (unpaired) electrons. The molecular formula is C55H35NS. The van der Waals surface area contributed by atoms with Gasteiger partial charge in [-0.1, -0.05) is 194 Å². The maximum Gasteiger partial charge on any atom is 0.0736 e. The van der Waals surface area contributed by atoms with Crippen molar-refractivity contribution in [2.75, 3.05) is 5.73 Å². The summed E-state index contributed by atoms with van der Waals surface area (Å²) >= 11 is 1.91. The Labute approximate surface area is 336 Å². The van der Waals surface area contributed by atoms with Gasteiger partial charge in [0.2, 0.25) is 0 Å². The summed E-state index contributed by atoms with van der Waals surface area (Å²) in [5.41, 5.74) is 22.2. The fraction of sp³-hybridized carbons (Fsp3) is 0.0182. The van der Waals surface area contributed by atoms with Gasteiger partial charge in [0.15, 0.2) is 0 Å². The van der Waals surface area contributed by atoms with Crippen LogP contribution in [0, 0.1) is 0 Å². The number of rotatable bonds is 3. The maximum absolute atomic E-state index is 6.89. The van der Waals surface area contributed by atoms with E-state index in [0.29, 0.717) is 0 Å². The molecule has 1 nitrogen and oxygen atoms in total. The Morgan fingerprint density at radius 2 is 0.912 bits per heavy atom.